The zero-order valence-electron chi connectivity index (χ0n) is 17.1. The first-order valence-corrected chi connectivity index (χ1v) is 9.78. The van der Waals surface area contributed by atoms with Crippen molar-refractivity contribution < 1.29 is 4.79 Å². The number of carbonyl (C=O) groups is 1. The average molecular weight is 404 g/mol. The van der Waals surface area contributed by atoms with Gasteiger partial charge in [-0.2, -0.15) is 0 Å². The Morgan fingerprint density at radius 3 is 2.23 bits per heavy atom. The number of piperazine rings is 1. The zero-order valence-corrected chi connectivity index (χ0v) is 17.1. The highest BCUT2D eigenvalue weighted by Crippen LogP contribution is 2.17. The lowest BCUT2D eigenvalue weighted by molar-refractivity contribution is 0.102. The van der Waals surface area contributed by atoms with Crippen molar-refractivity contribution in [2.75, 3.05) is 60.3 Å². The fourth-order valence-corrected chi connectivity index (χ4v) is 3.21. The summed E-state index contributed by atoms with van der Waals surface area (Å²) in [7, 11) is 3.80. The Balaban J connectivity index is 1.33. The predicted molar refractivity (Wildman–Crippen MR) is 117 cm³/mol. The van der Waals surface area contributed by atoms with E-state index >= 15 is 0 Å². The lowest BCUT2D eigenvalue weighted by Gasteiger charge is -2.35. The molecule has 3 aromatic rings. The molecule has 0 saturated carbocycles. The summed E-state index contributed by atoms with van der Waals surface area (Å²) in [6.45, 7) is 3.34. The van der Waals surface area contributed by atoms with Gasteiger partial charge in [0.1, 0.15) is 11.6 Å². The van der Waals surface area contributed by atoms with Crippen LogP contribution >= 0.6 is 0 Å². The molecule has 0 aromatic carbocycles. The summed E-state index contributed by atoms with van der Waals surface area (Å²) in [5, 5.41) is 2.81. The molecular weight excluding hydrogens is 380 g/mol. The number of carbonyl (C=O) groups excluding carboxylic acids is 1. The highest BCUT2D eigenvalue weighted by Gasteiger charge is 2.20. The zero-order chi connectivity index (χ0) is 20.9. The van der Waals surface area contributed by atoms with Gasteiger partial charge in [-0.15, -0.1) is 0 Å². The molecule has 1 aliphatic heterocycles. The molecular formula is C21H24N8O. The van der Waals surface area contributed by atoms with Crippen molar-refractivity contribution in [2.45, 2.75) is 0 Å². The largest absolute Gasteiger partial charge is 0.363 e. The first-order valence-electron chi connectivity index (χ1n) is 9.78. The van der Waals surface area contributed by atoms with E-state index in [1.807, 2.05) is 43.4 Å². The lowest BCUT2D eigenvalue weighted by Crippen LogP contribution is -2.47. The highest BCUT2D eigenvalue weighted by atomic mass is 16.1. The number of pyridine rings is 2. The van der Waals surface area contributed by atoms with Crippen LogP contribution in [0.3, 0.4) is 0 Å². The summed E-state index contributed by atoms with van der Waals surface area (Å²) in [5.74, 6) is 2.20. The standard InChI is InChI=1S/C21H24N8O/c1-27(2)18-7-6-16(13-23-18)20(30)26-17-14-24-21(25-15-17)29-11-9-28(10-12-29)19-5-3-4-8-22-19/h3-8,13-15H,9-12H2,1-2H3,(H,26,30). The van der Waals surface area contributed by atoms with Gasteiger partial charge in [0.25, 0.3) is 5.91 Å². The van der Waals surface area contributed by atoms with Gasteiger partial charge in [0.15, 0.2) is 0 Å². The van der Waals surface area contributed by atoms with Gasteiger partial charge in [-0.1, -0.05) is 6.07 Å². The molecule has 1 fully saturated rings. The number of hydrogen-bond acceptors (Lipinski definition) is 8. The molecule has 0 bridgehead atoms. The number of amides is 1. The van der Waals surface area contributed by atoms with Crippen molar-refractivity contribution in [1.29, 1.82) is 0 Å². The number of nitrogens with zero attached hydrogens (tertiary/aromatic N) is 7. The van der Waals surface area contributed by atoms with E-state index in [2.05, 4.69) is 35.1 Å². The first-order chi connectivity index (χ1) is 14.6. The number of anilines is 4. The van der Waals surface area contributed by atoms with Crippen LogP contribution < -0.4 is 20.0 Å². The molecule has 9 heteroatoms. The molecule has 4 rings (SSSR count). The maximum atomic E-state index is 12.4. The molecule has 1 aliphatic rings. The first kappa shape index (κ1) is 19.6. The van der Waals surface area contributed by atoms with Gasteiger partial charge in [-0.25, -0.2) is 19.9 Å². The molecule has 9 nitrogen and oxygen atoms in total. The van der Waals surface area contributed by atoms with E-state index in [4.69, 9.17) is 0 Å². The van der Waals surface area contributed by atoms with E-state index in [1.165, 1.54) is 0 Å². The van der Waals surface area contributed by atoms with Crippen LogP contribution in [0.25, 0.3) is 0 Å². The number of aromatic nitrogens is 4. The molecule has 1 amide bonds. The summed E-state index contributed by atoms with van der Waals surface area (Å²) in [5.41, 5.74) is 1.03. The van der Waals surface area contributed by atoms with Crippen LogP contribution in [0.5, 0.6) is 0 Å². The molecule has 0 unspecified atom stereocenters. The van der Waals surface area contributed by atoms with Crippen molar-refractivity contribution in [2.24, 2.45) is 0 Å². The van der Waals surface area contributed by atoms with Gasteiger partial charge < -0.3 is 20.0 Å². The smallest absolute Gasteiger partial charge is 0.257 e. The minimum atomic E-state index is -0.242. The molecule has 4 heterocycles. The predicted octanol–water partition coefficient (Wildman–Crippen LogP) is 1.91. The Bertz CT molecular complexity index is 968. The quantitative estimate of drug-likeness (QED) is 0.690. The average Bonchev–Trinajstić information content (AvgIpc) is 2.80. The maximum absolute atomic E-state index is 12.4. The van der Waals surface area contributed by atoms with E-state index in [0.29, 0.717) is 17.2 Å². The lowest BCUT2D eigenvalue weighted by atomic mass is 10.2. The monoisotopic (exact) mass is 404 g/mol. The molecule has 0 spiro atoms. The van der Waals surface area contributed by atoms with Crippen LogP contribution in [-0.4, -0.2) is 66.1 Å². The van der Waals surface area contributed by atoms with Crippen LogP contribution in [0, 0.1) is 0 Å². The van der Waals surface area contributed by atoms with Crippen LogP contribution in [0.4, 0.5) is 23.3 Å². The van der Waals surface area contributed by atoms with Crippen LogP contribution in [0.1, 0.15) is 10.4 Å². The Morgan fingerprint density at radius 1 is 0.900 bits per heavy atom. The van der Waals surface area contributed by atoms with Gasteiger partial charge in [-0.3, -0.25) is 4.79 Å². The topological polar surface area (TPSA) is 90.4 Å². The van der Waals surface area contributed by atoms with Crippen molar-refractivity contribution in [1.82, 2.24) is 19.9 Å². The third-order valence-electron chi connectivity index (χ3n) is 4.90. The molecule has 0 aliphatic carbocycles. The van der Waals surface area contributed by atoms with Crippen LogP contribution in [0.2, 0.25) is 0 Å². The van der Waals surface area contributed by atoms with Gasteiger partial charge in [-0.05, 0) is 24.3 Å². The van der Waals surface area contributed by atoms with E-state index in [9.17, 15) is 4.79 Å². The van der Waals surface area contributed by atoms with E-state index in [-0.39, 0.29) is 5.91 Å². The Morgan fingerprint density at radius 2 is 1.63 bits per heavy atom. The van der Waals surface area contributed by atoms with E-state index in [0.717, 1.165) is 37.8 Å². The van der Waals surface area contributed by atoms with Crippen molar-refractivity contribution in [3.8, 4) is 0 Å². The Labute approximate surface area is 175 Å². The van der Waals surface area contributed by atoms with E-state index < -0.39 is 0 Å². The van der Waals surface area contributed by atoms with Crippen LogP contribution in [-0.2, 0) is 0 Å². The molecule has 0 atom stereocenters. The highest BCUT2D eigenvalue weighted by molar-refractivity contribution is 6.04. The summed E-state index contributed by atoms with van der Waals surface area (Å²) in [6.07, 6.45) is 6.63. The summed E-state index contributed by atoms with van der Waals surface area (Å²) < 4.78 is 0. The second-order valence-corrected chi connectivity index (χ2v) is 7.19. The molecule has 1 saturated heterocycles. The summed E-state index contributed by atoms with van der Waals surface area (Å²) in [4.78, 5) is 36.2. The van der Waals surface area contributed by atoms with Gasteiger partial charge >= 0.3 is 0 Å². The molecule has 1 N–H and O–H groups in total. The van der Waals surface area contributed by atoms with Crippen LogP contribution in [0.15, 0.2) is 55.1 Å². The third-order valence-corrected chi connectivity index (χ3v) is 4.90. The van der Waals surface area contributed by atoms with Gasteiger partial charge in [0.05, 0.1) is 23.6 Å². The second kappa shape index (κ2) is 8.73. The minimum absolute atomic E-state index is 0.242. The van der Waals surface area contributed by atoms with Gasteiger partial charge in [0, 0.05) is 52.7 Å². The van der Waals surface area contributed by atoms with Crippen molar-refractivity contribution in [3.63, 3.8) is 0 Å². The SMILES string of the molecule is CN(C)c1ccc(C(=O)Nc2cnc(N3CCN(c4ccccn4)CC3)nc2)cn1. The normalized spacial score (nSPS) is 13.8. The maximum Gasteiger partial charge on any atom is 0.257 e. The minimum Gasteiger partial charge on any atom is -0.363 e. The Kier molecular flexibility index (Phi) is 5.69. The number of nitrogens with one attached hydrogen (secondary N) is 1. The van der Waals surface area contributed by atoms with Crippen molar-refractivity contribution >= 4 is 29.2 Å². The van der Waals surface area contributed by atoms with Gasteiger partial charge in [0.2, 0.25) is 5.95 Å². The third kappa shape index (κ3) is 4.45. The fourth-order valence-electron chi connectivity index (χ4n) is 3.21. The molecule has 154 valence electrons. The molecule has 0 radical (unpaired) electrons. The molecule has 30 heavy (non-hydrogen) atoms. The Hall–Kier alpha value is -3.75. The van der Waals surface area contributed by atoms with Crippen molar-refractivity contribution in [3.05, 3.63) is 60.7 Å². The summed E-state index contributed by atoms with van der Waals surface area (Å²) >= 11 is 0. The summed E-state index contributed by atoms with van der Waals surface area (Å²) in [6, 6.07) is 9.49. The van der Waals surface area contributed by atoms with E-state index in [1.54, 1.807) is 30.7 Å². The number of rotatable bonds is 5. The molecule has 3 aromatic heterocycles. The fraction of sp³-hybridized carbons (Fsp3) is 0.286. The number of hydrogen-bond donors (Lipinski definition) is 1. The second-order valence-electron chi connectivity index (χ2n) is 7.19.